The molecule has 0 saturated heterocycles. The first kappa shape index (κ1) is 15.5. The lowest BCUT2D eigenvalue weighted by molar-refractivity contribution is 0.0723. The van der Waals surface area contributed by atoms with Crippen LogP contribution in [0.4, 0.5) is 5.69 Å². The molecule has 0 fully saturated rings. The first-order valence-electron chi connectivity index (χ1n) is 6.88. The topological polar surface area (TPSA) is 52.6 Å². The van der Waals surface area contributed by atoms with E-state index in [1.165, 1.54) is 0 Å². The third kappa shape index (κ3) is 4.24. The van der Waals surface area contributed by atoms with Crippen LogP contribution in [0.3, 0.4) is 0 Å². The molecule has 19 heavy (non-hydrogen) atoms. The van der Waals surface area contributed by atoms with Crippen LogP contribution in [-0.2, 0) is 0 Å². The number of amides is 1. The molecule has 4 heteroatoms. The smallest absolute Gasteiger partial charge is 0.256 e. The molecule has 0 radical (unpaired) electrons. The van der Waals surface area contributed by atoms with Gasteiger partial charge in [0.15, 0.2) is 0 Å². The van der Waals surface area contributed by atoms with E-state index in [4.69, 9.17) is 5.11 Å². The van der Waals surface area contributed by atoms with Gasteiger partial charge in [-0.3, -0.25) is 4.79 Å². The predicted molar refractivity (Wildman–Crippen MR) is 78.6 cm³/mol. The van der Waals surface area contributed by atoms with Crippen molar-refractivity contribution < 1.29 is 9.90 Å². The van der Waals surface area contributed by atoms with Crippen molar-refractivity contribution in [2.24, 2.45) is 0 Å². The van der Waals surface area contributed by atoms with Crippen LogP contribution >= 0.6 is 0 Å². The van der Waals surface area contributed by atoms with Gasteiger partial charge in [-0.05, 0) is 32.4 Å². The molecule has 106 valence electrons. The second kappa shape index (κ2) is 7.79. The minimum absolute atomic E-state index is 0.00586. The van der Waals surface area contributed by atoms with Gasteiger partial charge in [0.2, 0.25) is 0 Å². The SMILES string of the molecule is CCCN(CCO)C(=O)c1cc(C)ccc1NCC. The summed E-state index contributed by atoms with van der Waals surface area (Å²) in [6.45, 7) is 7.82. The van der Waals surface area contributed by atoms with Gasteiger partial charge in [-0.15, -0.1) is 0 Å². The highest BCUT2D eigenvalue weighted by molar-refractivity contribution is 5.99. The number of anilines is 1. The van der Waals surface area contributed by atoms with E-state index in [0.29, 0.717) is 18.7 Å². The second-order valence-electron chi connectivity index (χ2n) is 4.60. The average Bonchev–Trinajstić information content (AvgIpc) is 2.40. The quantitative estimate of drug-likeness (QED) is 0.794. The molecular weight excluding hydrogens is 240 g/mol. The van der Waals surface area contributed by atoms with Crippen LogP contribution in [0.25, 0.3) is 0 Å². The zero-order valence-electron chi connectivity index (χ0n) is 12.1. The van der Waals surface area contributed by atoms with E-state index in [1.807, 2.05) is 39.0 Å². The highest BCUT2D eigenvalue weighted by atomic mass is 16.3. The fourth-order valence-corrected chi connectivity index (χ4v) is 2.06. The summed E-state index contributed by atoms with van der Waals surface area (Å²) in [5, 5.41) is 12.3. The third-order valence-electron chi connectivity index (χ3n) is 2.92. The van der Waals surface area contributed by atoms with E-state index >= 15 is 0 Å². The second-order valence-corrected chi connectivity index (χ2v) is 4.60. The first-order valence-corrected chi connectivity index (χ1v) is 6.88. The Kier molecular flexibility index (Phi) is 6.36. The van der Waals surface area contributed by atoms with Crippen molar-refractivity contribution in [1.29, 1.82) is 0 Å². The summed E-state index contributed by atoms with van der Waals surface area (Å²) in [5.74, 6) is -0.0180. The Hall–Kier alpha value is -1.55. The molecule has 1 aromatic carbocycles. The number of carbonyl (C=O) groups is 1. The van der Waals surface area contributed by atoms with Gasteiger partial charge in [0.25, 0.3) is 5.91 Å². The van der Waals surface area contributed by atoms with Gasteiger partial charge in [-0.1, -0.05) is 18.6 Å². The number of aliphatic hydroxyl groups excluding tert-OH is 1. The van der Waals surface area contributed by atoms with Gasteiger partial charge in [0.05, 0.1) is 12.2 Å². The molecule has 0 bridgehead atoms. The fraction of sp³-hybridized carbons (Fsp3) is 0.533. The molecule has 0 aliphatic rings. The van der Waals surface area contributed by atoms with Crippen LogP contribution < -0.4 is 5.32 Å². The zero-order chi connectivity index (χ0) is 14.3. The lowest BCUT2D eigenvalue weighted by atomic mass is 10.1. The van der Waals surface area contributed by atoms with E-state index in [-0.39, 0.29) is 12.5 Å². The summed E-state index contributed by atoms with van der Waals surface area (Å²) >= 11 is 0. The monoisotopic (exact) mass is 264 g/mol. The summed E-state index contributed by atoms with van der Waals surface area (Å²) < 4.78 is 0. The lowest BCUT2D eigenvalue weighted by Crippen LogP contribution is -2.34. The molecule has 0 atom stereocenters. The molecule has 4 nitrogen and oxygen atoms in total. The van der Waals surface area contributed by atoms with E-state index in [0.717, 1.165) is 24.2 Å². The number of hydrogen-bond donors (Lipinski definition) is 2. The maximum Gasteiger partial charge on any atom is 0.256 e. The molecule has 0 unspecified atom stereocenters. The number of aryl methyl sites for hydroxylation is 1. The minimum Gasteiger partial charge on any atom is -0.395 e. The first-order chi connectivity index (χ1) is 9.13. The average molecular weight is 264 g/mol. The van der Waals surface area contributed by atoms with Gasteiger partial charge in [-0.2, -0.15) is 0 Å². The third-order valence-corrected chi connectivity index (χ3v) is 2.92. The van der Waals surface area contributed by atoms with Crippen molar-refractivity contribution in [3.8, 4) is 0 Å². The molecule has 0 aliphatic carbocycles. The Balaban J connectivity index is 3.03. The van der Waals surface area contributed by atoms with Crippen molar-refractivity contribution in [3.05, 3.63) is 29.3 Å². The largest absolute Gasteiger partial charge is 0.395 e. The Morgan fingerprint density at radius 2 is 2.05 bits per heavy atom. The van der Waals surface area contributed by atoms with Gasteiger partial charge in [0, 0.05) is 25.3 Å². The van der Waals surface area contributed by atoms with Gasteiger partial charge in [-0.25, -0.2) is 0 Å². The highest BCUT2D eigenvalue weighted by Crippen LogP contribution is 2.19. The molecule has 1 rings (SSSR count). The summed E-state index contributed by atoms with van der Waals surface area (Å²) in [5.41, 5.74) is 2.60. The Labute approximate surface area is 115 Å². The van der Waals surface area contributed by atoms with Crippen molar-refractivity contribution in [2.45, 2.75) is 27.2 Å². The Bertz CT molecular complexity index is 413. The van der Waals surface area contributed by atoms with E-state index < -0.39 is 0 Å². The molecule has 2 N–H and O–H groups in total. The predicted octanol–water partition coefficient (Wildman–Crippen LogP) is 2.27. The summed E-state index contributed by atoms with van der Waals surface area (Å²) in [4.78, 5) is 14.3. The van der Waals surface area contributed by atoms with Gasteiger partial charge < -0.3 is 15.3 Å². The van der Waals surface area contributed by atoms with Crippen LogP contribution in [0.15, 0.2) is 18.2 Å². The van der Waals surface area contributed by atoms with Crippen LogP contribution in [0, 0.1) is 6.92 Å². The Morgan fingerprint density at radius 3 is 2.63 bits per heavy atom. The normalized spacial score (nSPS) is 10.3. The Morgan fingerprint density at radius 1 is 1.32 bits per heavy atom. The fourth-order valence-electron chi connectivity index (χ4n) is 2.06. The standard InChI is InChI=1S/C15H24N2O2/c1-4-8-17(9-10-18)15(19)13-11-12(3)6-7-14(13)16-5-2/h6-7,11,16,18H,4-5,8-10H2,1-3H3. The molecule has 1 aromatic rings. The number of nitrogens with zero attached hydrogens (tertiary/aromatic N) is 1. The number of aliphatic hydroxyl groups is 1. The molecule has 0 aliphatic heterocycles. The maximum absolute atomic E-state index is 12.5. The van der Waals surface area contributed by atoms with Crippen molar-refractivity contribution >= 4 is 11.6 Å². The molecule has 1 amide bonds. The summed E-state index contributed by atoms with van der Waals surface area (Å²) in [6, 6.07) is 5.83. The van der Waals surface area contributed by atoms with Crippen molar-refractivity contribution in [2.75, 3.05) is 31.6 Å². The molecule has 0 saturated carbocycles. The van der Waals surface area contributed by atoms with Crippen LogP contribution in [-0.4, -0.2) is 42.2 Å². The van der Waals surface area contributed by atoms with Gasteiger partial charge in [0.1, 0.15) is 0 Å². The van der Waals surface area contributed by atoms with E-state index in [2.05, 4.69) is 5.32 Å². The number of nitrogens with one attached hydrogen (secondary N) is 1. The van der Waals surface area contributed by atoms with Crippen molar-refractivity contribution in [3.63, 3.8) is 0 Å². The van der Waals surface area contributed by atoms with Crippen LogP contribution in [0.1, 0.15) is 36.2 Å². The van der Waals surface area contributed by atoms with Crippen LogP contribution in [0.2, 0.25) is 0 Å². The zero-order valence-corrected chi connectivity index (χ0v) is 12.1. The highest BCUT2D eigenvalue weighted by Gasteiger charge is 2.17. The molecule has 0 aromatic heterocycles. The number of rotatable bonds is 7. The number of carbonyl (C=O) groups excluding carboxylic acids is 1. The maximum atomic E-state index is 12.5. The molecule has 0 spiro atoms. The van der Waals surface area contributed by atoms with Crippen molar-refractivity contribution in [1.82, 2.24) is 4.90 Å². The van der Waals surface area contributed by atoms with E-state index in [1.54, 1.807) is 4.90 Å². The number of benzene rings is 1. The number of hydrogen-bond acceptors (Lipinski definition) is 3. The van der Waals surface area contributed by atoms with Gasteiger partial charge >= 0.3 is 0 Å². The summed E-state index contributed by atoms with van der Waals surface area (Å²) in [6.07, 6.45) is 0.883. The summed E-state index contributed by atoms with van der Waals surface area (Å²) in [7, 11) is 0. The lowest BCUT2D eigenvalue weighted by Gasteiger charge is -2.23. The minimum atomic E-state index is -0.0180. The molecule has 0 heterocycles. The molecular formula is C15H24N2O2. The van der Waals surface area contributed by atoms with E-state index in [9.17, 15) is 4.79 Å². The van der Waals surface area contributed by atoms with Crippen LogP contribution in [0.5, 0.6) is 0 Å².